The highest BCUT2D eigenvalue weighted by molar-refractivity contribution is 9.10. The van der Waals surface area contributed by atoms with Gasteiger partial charge in [-0.05, 0) is 34.1 Å². The zero-order chi connectivity index (χ0) is 13.8. The predicted molar refractivity (Wildman–Crippen MR) is 76.2 cm³/mol. The Balaban J connectivity index is 2.11. The van der Waals surface area contributed by atoms with Crippen LogP contribution in [0.5, 0.6) is 0 Å². The first kappa shape index (κ1) is 14.0. The molecule has 0 bridgehead atoms. The van der Waals surface area contributed by atoms with Gasteiger partial charge in [-0.2, -0.15) is 0 Å². The molecular weight excluding hydrogens is 334 g/mol. The molecule has 0 aliphatic heterocycles. The van der Waals surface area contributed by atoms with Gasteiger partial charge in [0.15, 0.2) is 5.69 Å². The molecule has 0 radical (unpaired) electrons. The average molecular weight is 345 g/mol. The van der Waals surface area contributed by atoms with Gasteiger partial charge in [0.2, 0.25) is 0 Å². The first-order valence-electron chi connectivity index (χ1n) is 5.47. The summed E-state index contributed by atoms with van der Waals surface area (Å²) in [7, 11) is 0. The van der Waals surface area contributed by atoms with Crippen LogP contribution in [-0.2, 0) is 6.54 Å². The van der Waals surface area contributed by atoms with E-state index in [1.165, 1.54) is 4.68 Å². The standard InChI is InChI=1S/C11H11BrClN5O/c12-8-5-7(13)1-2-9(8)15-11(19)10-6-18(4-3-14)17-16-10/h1-2,5-6H,3-4,14H2,(H,15,19). The topological polar surface area (TPSA) is 85.8 Å². The van der Waals surface area contributed by atoms with Gasteiger partial charge < -0.3 is 11.1 Å². The Morgan fingerprint density at radius 3 is 3.00 bits per heavy atom. The number of nitrogens with two attached hydrogens (primary N) is 1. The maximum Gasteiger partial charge on any atom is 0.277 e. The van der Waals surface area contributed by atoms with E-state index in [9.17, 15) is 4.79 Å². The lowest BCUT2D eigenvalue weighted by atomic mass is 10.3. The summed E-state index contributed by atoms with van der Waals surface area (Å²) >= 11 is 9.15. The van der Waals surface area contributed by atoms with Gasteiger partial charge in [0.05, 0.1) is 18.4 Å². The molecular formula is C11H11BrClN5O. The van der Waals surface area contributed by atoms with Gasteiger partial charge in [-0.3, -0.25) is 9.48 Å². The molecule has 0 saturated carbocycles. The van der Waals surface area contributed by atoms with Crippen molar-refractivity contribution in [2.45, 2.75) is 6.54 Å². The molecule has 19 heavy (non-hydrogen) atoms. The Morgan fingerprint density at radius 2 is 2.32 bits per heavy atom. The third-order valence-corrected chi connectivity index (χ3v) is 3.20. The number of nitrogens with zero attached hydrogens (tertiary/aromatic N) is 3. The van der Waals surface area contributed by atoms with Gasteiger partial charge in [0, 0.05) is 16.0 Å². The minimum Gasteiger partial charge on any atom is -0.329 e. The number of carbonyl (C=O) groups is 1. The molecule has 2 rings (SSSR count). The summed E-state index contributed by atoms with van der Waals surface area (Å²) in [6, 6.07) is 5.09. The molecule has 1 aromatic carbocycles. The molecule has 1 aromatic heterocycles. The van der Waals surface area contributed by atoms with E-state index >= 15 is 0 Å². The average Bonchev–Trinajstić information content (AvgIpc) is 2.82. The predicted octanol–water partition coefficient (Wildman–Crippen LogP) is 1.90. The summed E-state index contributed by atoms with van der Waals surface area (Å²) in [5, 5.41) is 10.9. The van der Waals surface area contributed by atoms with Crippen molar-refractivity contribution in [3.63, 3.8) is 0 Å². The largest absolute Gasteiger partial charge is 0.329 e. The van der Waals surface area contributed by atoms with E-state index in [1.807, 2.05) is 0 Å². The van der Waals surface area contributed by atoms with E-state index in [4.69, 9.17) is 17.3 Å². The lowest BCUT2D eigenvalue weighted by molar-refractivity contribution is 0.102. The van der Waals surface area contributed by atoms with E-state index in [-0.39, 0.29) is 11.6 Å². The monoisotopic (exact) mass is 343 g/mol. The third-order valence-electron chi connectivity index (χ3n) is 2.31. The molecule has 0 aliphatic rings. The summed E-state index contributed by atoms with van der Waals surface area (Å²) in [6.07, 6.45) is 1.55. The number of amides is 1. The van der Waals surface area contributed by atoms with Crippen molar-refractivity contribution in [3.05, 3.63) is 39.6 Å². The number of anilines is 1. The summed E-state index contributed by atoms with van der Waals surface area (Å²) in [6.45, 7) is 0.956. The van der Waals surface area contributed by atoms with Crippen LogP contribution in [0.15, 0.2) is 28.9 Å². The number of rotatable bonds is 4. The molecule has 3 N–H and O–H groups in total. The highest BCUT2D eigenvalue weighted by Crippen LogP contribution is 2.26. The second-order valence-electron chi connectivity index (χ2n) is 3.73. The molecule has 1 heterocycles. The van der Waals surface area contributed by atoms with Crippen LogP contribution in [0.1, 0.15) is 10.5 Å². The Hall–Kier alpha value is -1.44. The fourth-order valence-corrected chi connectivity index (χ4v) is 2.20. The SMILES string of the molecule is NCCn1cc(C(=O)Nc2ccc(Cl)cc2Br)nn1. The number of nitrogens with one attached hydrogen (secondary N) is 1. The van der Waals surface area contributed by atoms with E-state index in [0.717, 1.165) is 0 Å². The number of hydrogen-bond acceptors (Lipinski definition) is 4. The molecule has 0 saturated heterocycles. The van der Waals surface area contributed by atoms with Crippen molar-refractivity contribution in [3.8, 4) is 0 Å². The highest BCUT2D eigenvalue weighted by atomic mass is 79.9. The van der Waals surface area contributed by atoms with Crippen molar-refractivity contribution in [1.29, 1.82) is 0 Å². The number of aromatic nitrogens is 3. The number of hydrogen-bond donors (Lipinski definition) is 2. The Morgan fingerprint density at radius 1 is 1.53 bits per heavy atom. The maximum atomic E-state index is 12.0. The molecule has 6 nitrogen and oxygen atoms in total. The van der Waals surface area contributed by atoms with Crippen LogP contribution < -0.4 is 11.1 Å². The normalized spacial score (nSPS) is 10.5. The number of benzene rings is 1. The Kier molecular flexibility index (Phi) is 4.52. The molecule has 100 valence electrons. The molecule has 1 amide bonds. The molecule has 0 atom stereocenters. The zero-order valence-corrected chi connectivity index (χ0v) is 12.1. The van der Waals surface area contributed by atoms with Crippen LogP contribution in [0.4, 0.5) is 5.69 Å². The minimum atomic E-state index is -0.341. The summed E-state index contributed by atoms with van der Waals surface area (Å²) in [4.78, 5) is 12.0. The second-order valence-corrected chi connectivity index (χ2v) is 5.02. The smallest absolute Gasteiger partial charge is 0.277 e. The third kappa shape index (κ3) is 3.52. The van der Waals surface area contributed by atoms with Crippen molar-refractivity contribution in [2.24, 2.45) is 5.73 Å². The van der Waals surface area contributed by atoms with Gasteiger partial charge in [-0.1, -0.05) is 16.8 Å². The first-order valence-corrected chi connectivity index (χ1v) is 6.64. The van der Waals surface area contributed by atoms with Crippen molar-refractivity contribution in [2.75, 3.05) is 11.9 Å². The van der Waals surface area contributed by atoms with E-state index in [2.05, 4.69) is 31.6 Å². The van der Waals surface area contributed by atoms with Gasteiger partial charge in [0.25, 0.3) is 5.91 Å². The minimum absolute atomic E-state index is 0.232. The van der Waals surface area contributed by atoms with Crippen LogP contribution in [0.3, 0.4) is 0 Å². The fourth-order valence-electron chi connectivity index (χ4n) is 1.42. The van der Waals surface area contributed by atoms with Crippen LogP contribution in [0.2, 0.25) is 5.02 Å². The van der Waals surface area contributed by atoms with Crippen LogP contribution in [-0.4, -0.2) is 27.4 Å². The number of carbonyl (C=O) groups excluding carboxylic acids is 1. The number of halogens is 2. The van der Waals surface area contributed by atoms with Crippen LogP contribution in [0.25, 0.3) is 0 Å². The van der Waals surface area contributed by atoms with E-state index < -0.39 is 0 Å². The molecule has 0 aliphatic carbocycles. The molecule has 0 fully saturated rings. The van der Waals surface area contributed by atoms with Crippen molar-refractivity contribution in [1.82, 2.24) is 15.0 Å². The van der Waals surface area contributed by atoms with Gasteiger partial charge in [-0.25, -0.2) is 0 Å². The summed E-state index contributed by atoms with van der Waals surface area (Å²) < 4.78 is 2.22. The van der Waals surface area contributed by atoms with Crippen molar-refractivity contribution < 1.29 is 4.79 Å². The highest BCUT2D eigenvalue weighted by Gasteiger charge is 2.12. The molecule has 0 spiro atoms. The van der Waals surface area contributed by atoms with Crippen molar-refractivity contribution >= 4 is 39.1 Å². The van der Waals surface area contributed by atoms with E-state index in [0.29, 0.717) is 28.3 Å². The lowest BCUT2D eigenvalue weighted by Gasteiger charge is -2.05. The molecule has 2 aromatic rings. The fraction of sp³-hybridized carbons (Fsp3) is 0.182. The molecule has 0 unspecified atom stereocenters. The second kappa shape index (κ2) is 6.14. The lowest BCUT2D eigenvalue weighted by Crippen LogP contribution is -2.13. The molecule has 8 heteroatoms. The summed E-state index contributed by atoms with van der Waals surface area (Å²) in [5.41, 5.74) is 6.24. The van der Waals surface area contributed by atoms with Gasteiger partial charge in [-0.15, -0.1) is 5.10 Å². The maximum absolute atomic E-state index is 12.0. The Labute approximate surface area is 123 Å². The summed E-state index contributed by atoms with van der Waals surface area (Å²) in [5.74, 6) is -0.341. The quantitative estimate of drug-likeness (QED) is 0.887. The van der Waals surface area contributed by atoms with E-state index in [1.54, 1.807) is 24.4 Å². The van der Waals surface area contributed by atoms with Gasteiger partial charge in [0.1, 0.15) is 0 Å². The van der Waals surface area contributed by atoms with Crippen LogP contribution >= 0.6 is 27.5 Å². The van der Waals surface area contributed by atoms with Gasteiger partial charge >= 0.3 is 0 Å². The zero-order valence-electron chi connectivity index (χ0n) is 9.81. The Bertz CT molecular complexity index is 601. The van der Waals surface area contributed by atoms with Crippen LogP contribution in [0, 0.1) is 0 Å². The first-order chi connectivity index (χ1) is 9.10.